The van der Waals surface area contributed by atoms with Gasteiger partial charge in [-0.1, -0.05) is 43.2 Å². The summed E-state index contributed by atoms with van der Waals surface area (Å²) in [6.07, 6.45) is 9.78. The first kappa shape index (κ1) is 22.1. The summed E-state index contributed by atoms with van der Waals surface area (Å²) in [7, 11) is 1.96. The Bertz CT molecular complexity index is 992. The van der Waals surface area contributed by atoms with E-state index in [0.29, 0.717) is 23.7 Å². The molecule has 0 bridgehead atoms. The van der Waals surface area contributed by atoms with Crippen LogP contribution in [-0.4, -0.2) is 39.6 Å². The van der Waals surface area contributed by atoms with Crippen LogP contribution in [0, 0.1) is 11.8 Å². The topological polar surface area (TPSA) is 92.8 Å². The van der Waals surface area contributed by atoms with Crippen LogP contribution in [0.4, 0.5) is 17.6 Å². The Labute approximate surface area is 190 Å². The second-order valence-electron chi connectivity index (χ2n) is 8.77. The van der Waals surface area contributed by atoms with Crippen molar-refractivity contribution in [3.05, 3.63) is 54.9 Å². The minimum absolute atomic E-state index is 0.297. The van der Waals surface area contributed by atoms with E-state index < -0.39 is 0 Å². The molecule has 0 aliphatic heterocycles. The molecular formula is C25H33N7. The van der Waals surface area contributed by atoms with Gasteiger partial charge in [-0.15, -0.1) is 0 Å². The van der Waals surface area contributed by atoms with Gasteiger partial charge in [-0.25, -0.2) is 15.0 Å². The number of hydrogen-bond acceptors (Lipinski definition) is 7. The molecule has 1 aliphatic rings. The van der Waals surface area contributed by atoms with Crippen molar-refractivity contribution in [2.75, 3.05) is 23.8 Å². The van der Waals surface area contributed by atoms with Crippen LogP contribution in [0.15, 0.2) is 54.9 Å². The minimum Gasteiger partial charge on any atom is -0.354 e. The quantitative estimate of drug-likeness (QED) is 0.536. The molecule has 0 radical (unpaired) electrons. The highest BCUT2D eigenvalue weighted by Crippen LogP contribution is 2.32. The number of benzene rings is 1. The number of nitrogens with two attached hydrogens (primary N) is 1. The fraction of sp³-hybridized carbons (Fsp3) is 0.440. The number of nitrogens with one attached hydrogen (secondary N) is 1. The molecule has 2 aromatic heterocycles. The van der Waals surface area contributed by atoms with Gasteiger partial charge in [-0.2, -0.15) is 4.98 Å². The molecule has 1 saturated carbocycles. The third-order valence-electron chi connectivity index (χ3n) is 6.40. The van der Waals surface area contributed by atoms with Gasteiger partial charge < -0.3 is 16.0 Å². The summed E-state index contributed by atoms with van der Waals surface area (Å²) in [5.74, 6) is 4.31. The molecule has 3 N–H and O–H groups in total. The van der Waals surface area contributed by atoms with Gasteiger partial charge in [-0.05, 0) is 50.2 Å². The Morgan fingerprint density at radius 1 is 1.03 bits per heavy atom. The van der Waals surface area contributed by atoms with Crippen molar-refractivity contribution >= 4 is 17.6 Å². The second-order valence-corrected chi connectivity index (χ2v) is 8.77. The maximum atomic E-state index is 6.14. The largest absolute Gasteiger partial charge is 0.354 e. The average molecular weight is 432 g/mol. The summed E-state index contributed by atoms with van der Waals surface area (Å²) in [5, 5.41) is 3.41. The molecule has 0 amide bonds. The number of rotatable bonds is 8. The Kier molecular flexibility index (Phi) is 7.27. The fourth-order valence-corrected chi connectivity index (χ4v) is 4.46. The molecule has 0 unspecified atom stereocenters. The van der Waals surface area contributed by atoms with Gasteiger partial charge in [0.15, 0.2) is 5.82 Å². The molecular weight excluding hydrogens is 398 g/mol. The smallest absolute Gasteiger partial charge is 0.224 e. The lowest BCUT2D eigenvalue weighted by molar-refractivity contribution is 0.234. The van der Waals surface area contributed by atoms with Crippen LogP contribution in [0.1, 0.15) is 39.0 Å². The van der Waals surface area contributed by atoms with Gasteiger partial charge in [0.1, 0.15) is 11.6 Å². The summed E-state index contributed by atoms with van der Waals surface area (Å²) in [6, 6.07) is 14.1. The zero-order chi connectivity index (χ0) is 22.3. The van der Waals surface area contributed by atoms with Crippen LogP contribution in [0.2, 0.25) is 0 Å². The maximum Gasteiger partial charge on any atom is 0.224 e. The highest BCUT2D eigenvalue weighted by molar-refractivity contribution is 5.61. The van der Waals surface area contributed by atoms with Gasteiger partial charge in [0.05, 0.1) is 0 Å². The van der Waals surface area contributed by atoms with E-state index in [9.17, 15) is 0 Å². The third kappa shape index (κ3) is 5.59. The normalized spacial score (nSPS) is 19.3. The lowest BCUT2D eigenvalue weighted by atomic mass is 9.77. The van der Waals surface area contributed by atoms with Gasteiger partial charge in [0, 0.05) is 37.6 Å². The molecule has 4 rings (SSSR count). The highest BCUT2D eigenvalue weighted by Gasteiger charge is 2.24. The molecule has 168 valence electrons. The van der Waals surface area contributed by atoms with Crippen molar-refractivity contribution < 1.29 is 0 Å². The SMILES string of the molecule is C[C@H](N)[C@H]1CCC[C@@H](CCNc2nccc(N(C)c3ccnc(-c4ccccc4)n3)n2)C1. The van der Waals surface area contributed by atoms with Crippen molar-refractivity contribution in [2.45, 2.75) is 45.1 Å². The first-order valence-corrected chi connectivity index (χ1v) is 11.5. The van der Waals surface area contributed by atoms with Crippen LogP contribution in [-0.2, 0) is 0 Å². The highest BCUT2D eigenvalue weighted by atomic mass is 15.2. The summed E-state index contributed by atoms with van der Waals surface area (Å²) < 4.78 is 0. The van der Waals surface area contributed by atoms with E-state index in [2.05, 4.69) is 22.2 Å². The van der Waals surface area contributed by atoms with Gasteiger partial charge in [0.25, 0.3) is 0 Å². The van der Waals surface area contributed by atoms with E-state index in [-0.39, 0.29) is 0 Å². The molecule has 3 aromatic rings. The molecule has 0 saturated heterocycles. The number of anilines is 3. The van der Waals surface area contributed by atoms with Crippen molar-refractivity contribution in [3.63, 3.8) is 0 Å². The monoisotopic (exact) mass is 431 g/mol. The standard InChI is InChI=1S/C25H33N7/c1-18(26)21-10-6-7-19(17-21)11-14-28-25-29-16-13-23(31-25)32(2)22-12-15-27-24(30-22)20-8-4-3-5-9-20/h3-5,8-9,12-13,15-16,18-19,21H,6-7,10-11,14,17,26H2,1-2H3,(H,28,29,31)/t18-,19-,21-/m0/s1. The third-order valence-corrected chi connectivity index (χ3v) is 6.40. The van der Waals surface area contributed by atoms with Crippen LogP contribution in [0.5, 0.6) is 0 Å². The Morgan fingerprint density at radius 2 is 1.78 bits per heavy atom. The molecule has 1 fully saturated rings. The maximum absolute atomic E-state index is 6.14. The van der Waals surface area contributed by atoms with E-state index in [1.54, 1.807) is 12.4 Å². The molecule has 7 nitrogen and oxygen atoms in total. The predicted octanol–water partition coefficient (Wildman–Crippen LogP) is 4.66. The van der Waals surface area contributed by atoms with E-state index >= 15 is 0 Å². The van der Waals surface area contributed by atoms with Crippen LogP contribution in [0.25, 0.3) is 11.4 Å². The first-order chi connectivity index (χ1) is 15.6. The Hall–Kier alpha value is -3.06. The second kappa shape index (κ2) is 10.5. The van der Waals surface area contributed by atoms with E-state index in [4.69, 9.17) is 15.7 Å². The van der Waals surface area contributed by atoms with Gasteiger partial charge >= 0.3 is 0 Å². The molecule has 7 heteroatoms. The van der Waals surface area contributed by atoms with Gasteiger partial charge in [-0.3, -0.25) is 0 Å². The van der Waals surface area contributed by atoms with Gasteiger partial charge in [0.2, 0.25) is 5.95 Å². The Balaban J connectivity index is 1.37. The fourth-order valence-electron chi connectivity index (χ4n) is 4.46. The number of nitrogens with zero attached hydrogens (tertiary/aromatic N) is 5. The molecule has 1 aliphatic carbocycles. The number of aromatic nitrogens is 4. The summed E-state index contributed by atoms with van der Waals surface area (Å²) in [4.78, 5) is 20.2. The lowest BCUT2D eigenvalue weighted by Crippen LogP contribution is -2.31. The lowest BCUT2D eigenvalue weighted by Gasteiger charge is -2.31. The molecule has 1 aromatic carbocycles. The zero-order valence-electron chi connectivity index (χ0n) is 19.0. The minimum atomic E-state index is 0.297. The van der Waals surface area contributed by atoms with Crippen LogP contribution in [0.3, 0.4) is 0 Å². The van der Waals surface area contributed by atoms with E-state index in [0.717, 1.165) is 36.1 Å². The summed E-state index contributed by atoms with van der Waals surface area (Å²) in [5.41, 5.74) is 7.12. The number of hydrogen-bond donors (Lipinski definition) is 2. The van der Waals surface area contributed by atoms with Crippen molar-refractivity contribution in [2.24, 2.45) is 17.6 Å². The summed E-state index contributed by atoms with van der Waals surface area (Å²) >= 11 is 0. The summed E-state index contributed by atoms with van der Waals surface area (Å²) in [6.45, 7) is 3.01. The van der Waals surface area contributed by atoms with Crippen molar-refractivity contribution in [1.82, 2.24) is 19.9 Å². The predicted molar refractivity (Wildman–Crippen MR) is 130 cm³/mol. The zero-order valence-corrected chi connectivity index (χ0v) is 19.0. The van der Waals surface area contributed by atoms with Crippen LogP contribution < -0.4 is 16.0 Å². The first-order valence-electron chi connectivity index (χ1n) is 11.5. The molecule has 3 atom stereocenters. The van der Waals surface area contributed by atoms with E-state index in [1.807, 2.05) is 54.4 Å². The molecule has 2 heterocycles. The van der Waals surface area contributed by atoms with Crippen molar-refractivity contribution in [1.29, 1.82) is 0 Å². The Morgan fingerprint density at radius 3 is 2.56 bits per heavy atom. The molecule has 0 spiro atoms. The van der Waals surface area contributed by atoms with Crippen LogP contribution >= 0.6 is 0 Å². The van der Waals surface area contributed by atoms with Crippen molar-refractivity contribution in [3.8, 4) is 11.4 Å². The van der Waals surface area contributed by atoms with E-state index in [1.165, 1.54) is 25.7 Å². The molecule has 32 heavy (non-hydrogen) atoms. The average Bonchev–Trinajstić information content (AvgIpc) is 2.84.